The minimum absolute atomic E-state index is 0.0708. The average molecular weight is 281 g/mol. The molecule has 0 aliphatic heterocycles. The zero-order chi connectivity index (χ0) is 15.3. The Hall–Kier alpha value is -1.40. The van der Waals surface area contributed by atoms with Gasteiger partial charge < -0.3 is 15.1 Å². The predicted octanol–water partition coefficient (Wildman–Crippen LogP) is 1.74. The zero-order valence-electron chi connectivity index (χ0n) is 13.4. The van der Waals surface area contributed by atoms with Crippen molar-refractivity contribution in [1.29, 1.82) is 0 Å². The van der Waals surface area contributed by atoms with Crippen LogP contribution in [0.5, 0.6) is 5.88 Å². The lowest BCUT2D eigenvalue weighted by atomic mass is 10.1. The summed E-state index contributed by atoms with van der Waals surface area (Å²) in [6, 6.07) is 0. The number of ether oxygens (including phenoxy) is 1. The molecule has 1 rings (SSSR count). The number of anilines is 1. The molecule has 0 aliphatic rings. The maximum Gasteiger partial charge on any atom is 0.221 e. The molecule has 0 saturated carbocycles. The number of nitrogens with zero attached hydrogens (tertiary/aromatic N) is 3. The number of aryl methyl sites for hydroxylation is 1. The number of nitrogens with one attached hydrogen (secondary N) is 1. The number of hydrogen-bond donors (Lipinski definition) is 2. The summed E-state index contributed by atoms with van der Waals surface area (Å²) >= 11 is 0. The van der Waals surface area contributed by atoms with Gasteiger partial charge >= 0.3 is 0 Å². The van der Waals surface area contributed by atoms with Gasteiger partial charge in [0.2, 0.25) is 5.88 Å². The number of hydrogen-bond acceptors (Lipinski definition) is 6. The van der Waals surface area contributed by atoms with E-state index in [-0.39, 0.29) is 5.54 Å². The lowest BCUT2D eigenvalue weighted by Gasteiger charge is -2.32. The second-order valence-electron chi connectivity index (χ2n) is 5.81. The Kier molecular flexibility index (Phi) is 5.71. The Balaban J connectivity index is 2.96. The molecule has 3 N–H and O–H groups in total. The highest BCUT2D eigenvalue weighted by molar-refractivity contribution is 5.47. The normalized spacial score (nSPS) is 11.8. The van der Waals surface area contributed by atoms with Crippen LogP contribution in [0.25, 0.3) is 0 Å². The first-order valence-corrected chi connectivity index (χ1v) is 6.96. The number of likely N-dealkylation sites (N-methyl/N-ethyl adjacent to an activating group) is 1. The first-order valence-electron chi connectivity index (χ1n) is 6.96. The maximum atomic E-state index is 5.90. The standard InChI is InChI=1S/C14H27N5O/c1-7-8-11-16-12(18-15)10(2)13(17-11)20-9-14(3,4)19(5)6/h7-9,15H2,1-6H3,(H,16,17,18). The fraction of sp³-hybridized carbons (Fsp3) is 0.714. The number of rotatable bonds is 7. The molecule has 0 spiro atoms. The first-order chi connectivity index (χ1) is 9.31. The minimum Gasteiger partial charge on any atom is -0.475 e. The highest BCUT2D eigenvalue weighted by atomic mass is 16.5. The SMILES string of the molecule is CCCc1nc(NN)c(C)c(OCC(C)(C)N(C)C)n1. The Morgan fingerprint density at radius 3 is 2.45 bits per heavy atom. The second-order valence-corrected chi connectivity index (χ2v) is 5.81. The smallest absolute Gasteiger partial charge is 0.221 e. The van der Waals surface area contributed by atoms with Gasteiger partial charge in [-0.2, -0.15) is 4.98 Å². The van der Waals surface area contributed by atoms with Gasteiger partial charge in [0.1, 0.15) is 18.2 Å². The highest BCUT2D eigenvalue weighted by Gasteiger charge is 2.22. The van der Waals surface area contributed by atoms with Gasteiger partial charge in [-0.05, 0) is 41.3 Å². The van der Waals surface area contributed by atoms with E-state index in [2.05, 4.69) is 41.1 Å². The van der Waals surface area contributed by atoms with Gasteiger partial charge in [-0.15, -0.1) is 0 Å². The van der Waals surface area contributed by atoms with Gasteiger partial charge in [0.15, 0.2) is 0 Å². The third-order valence-corrected chi connectivity index (χ3v) is 3.53. The van der Waals surface area contributed by atoms with Gasteiger partial charge in [0.05, 0.1) is 5.56 Å². The molecule has 114 valence electrons. The molecule has 6 nitrogen and oxygen atoms in total. The molecule has 1 heterocycles. The molecule has 0 saturated heterocycles. The summed E-state index contributed by atoms with van der Waals surface area (Å²) in [6.07, 6.45) is 1.79. The van der Waals surface area contributed by atoms with Crippen LogP contribution >= 0.6 is 0 Å². The van der Waals surface area contributed by atoms with E-state index in [9.17, 15) is 0 Å². The van der Waals surface area contributed by atoms with Crippen LogP contribution in [0.1, 0.15) is 38.6 Å². The zero-order valence-corrected chi connectivity index (χ0v) is 13.4. The van der Waals surface area contributed by atoms with Crippen molar-refractivity contribution >= 4 is 5.82 Å². The minimum atomic E-state index is -0.0708. The molecule has 0 fully saturated rings. The number of hydrazine groups is 1. The Labute approximate surface area is 121 Å². The molecule has 0 unspecified atom stereocenters. The lowest BCUT2D eigenvalue weighted by Crippen LogP contribution is -2.43. The van der Waals surface area contributed by atoms with E-state index in [1.807, 2.05) is 21.0 Å². The fourth-order valence-corrected chi connectivity index (χ4v) is 1.53. The van der Waals surface area contributed by atoms with Gasteiger partial charge in [-0.25, -0.2) is 10.8 Å². The van der Waals surface area contributed by atoms with Crippen LogP contribution < -0.4 is 16.0 Å². The van der Waals surface area contributed by atoms with E-state index in [0.717, 1.165) is 24.2 Å². The van der Waals surface area contributed by atoms with Gasteiger partial charge in [0.25, 0.3) is 0 Å². The molecule has 0 aromatic carbocycles. The third-order valence-electron chi connectivity index (χ3n) is 3.53. The quantitative estimate of drug-likeness (QED) is 0.585. The first kappa shape index (κ1) is 16.7. The van der Waals surface area contributed by atoms with E-state index in [0.29, 0.717) is 18.3 Å². The Morgan fingerprint density at radius 2 is 1.95 bits per heavy atom. The Bertz CT molecular complexity index is 445. The highest BCUT2D eigenvalue weighted by Crippen LogP contribution is 2.23. The molecule has 0 radical (unpaired) electrons. The molecule has 1 aromatic heterocycles. The van der Waals surface area contributed by atoms with E-state index < -0.39 is 0 Å². The fourth-order valence-electron chi connectivity index (χ4n) is 1.53. The average Bonchev–Trinajstić information content (AvgIpc) is 2.39. The van der Waals surface area contributed by atoms with Crippen LogP contribution in [0.2, 0.25) is 0 Å². The predicted molar refractivity (Wildman–Crippen MR) is 81.8 cm³/mol. The number of nitrogen functional groups attached to an aromatic ring is 1. The molecule has 0 bridgehead atoms. The van der Waals surface area contributed by atoms with Crippen LogP contribution in [-0.4, -0.2) is 41.1 Å². The molecule has 0 atom stereocenters. The van der Waals surface area contributed by atoms with Crippen molar-refractivity contribution < 1.29 is 4.74 Å². The summed E-state index contributed by atoms with van der Waals surface area (Å²) in [4.78, 5) is 11.0. The van der Waals surface area contributed by atoms with E-state index in [1.54, 1.807) is 0 Å². The number of aromatic nitrogens is 2. The second kappa shape index (κ2) is 6.85. The van der Waals surface area contributed by atoms with Crippen LogP contribution in [0.3, 0.4) is 0 Å². The van der Waals surface area contributed by atoms with Crippen LogP contribution in [0.15, 0.2) is 0 Å². The van der Waals surface area contributed by atoms with Crippen molar-refractivity contribution in [2.24, 2.45) is 5.84 Å². The van der Waals surface area contributed by atoms with E-state index >= 15 is 0 Å². The monoisotopic (exact) mass is 281 g/mol. The van der Waals surface area contributed by atoms with Crippen molar-refractivity contribution in [3.63, 3.8) is 0 Å². The molecule has 1 aromatic rings. The van der Waals surface area contributed by atoms with Gasteiger partial charge in [-0.1, -0.05) is 6.92 Å². The van der Waals surface area contributed by atoms with Crippen molar-refractivity contribution in [3.05, 3.63) is 11.4 Å². The van der Waals surface area contributed by atoms with Crippen molar-refractivity contribution in [1.82, 2.24) is 14.9 Å². The lowest BCUT2D eigenvalue weighted by molar-refractivity contribution is 0.110. The van der Waals surface area contributed by atoms with Crippen LogP contribution in [0, 0.1) is 6.92 Å². The van der Waals surface area contributed by atoms with Crippen molar-refractivity contribution in [2.45, 2.75) is 46.1 Å². The summed E-state index contributed by atoms with van der Waals surface area (Å²) < 4.78 is 5.90. The van der Waals surface area contributed by atoms with Crippen LogP contribution in [0.4, 0.5) is 5.82 Å². The molecule has 20 heavy (non-hydrogen) atoms. The summed E-state index contributed by atoms with van der Waals surface area (Å²) in [5.74, 6) is 7.49. The summed E-state index contributed by atoms with van der Waals surface area (Å²) in [7, 11) is 4.07. The largest absolute Gasteiger partial charge is 0.475 e. The van der Waals surface area contributed by atoms with Gasteiger partial charge in [-0.3, -0.25) is 0 Å². The van der Waals surface area contributed by atoms with Crippen molar-refractivity contribution in [3.8, 4) is 5.88 Å². The number of nitrogens with two attached hydrogens (primary N) is 1. The molecule has 6 heteroatoms. The Morgan fingerprint density at radius 1 is 1.30 bits per heavy atom. The summed E-state index contributed by atoms with van der Waals surface area (Å²) in [5, 5.41) is 0. The summed E-state index contributed by atoms with van der Waals surface area (Å²) in [6.45, 7) is 8.79. The topological polar surface area (TPSA) is 76.3 Å². The third kappa shape index (κ3) is 4.05. The molecule has 0 aliphatic carbocycles. The van der Waals surface area contributed by atoms with Gasteiger partial charge in [0, 0.05) is 12.0 Å². The molecule has 0 amide bonds. The molecular formula is C14H27N5O. The summed E-state index contributed by atoms with van der Waals surface area (Å²) in [5.41, 5.74) is 3.38. The maximum absolute atomic E-state index is 5.90. The van der Waals surface area contributed by atoms with Crippen LogP contribution in [-0.2, 0) is 6.42 Å². The van der Waals surface area contributed by atoms with E-state index in [1.165, 1.54) is 0 Å². The van der Waals surface area contributed by atoms with Crippen molar-refractivity contribution in [2.75, 3.05) is 26.1 Å². The molecular weight excluding hydrogens is 254 g/mol. The van der Waals surface area contributed by atoms with E-state index in [4.69, 9.17) is 10.6 Å².